The van der Waals surface area contributed by atoms with Gasteiger partial charge in [0.2, 0.25) is 0 Å². The summed E-state index contributed by atoms with van der Waals surface area (Å²) in [7, 11) is 0. The molecule has 0 fully saturated rings. The molecule has 0 aromatic heterocycles. The first-order valence-electron chi connectivity index (χ1n) is 30.0. The summed E-state index contributed by atoms with van der Waals surface area (Å²) in [6.07, 6.45) is 83.3. The van der Waals surface area contributed by atoms with Crippen LogP contribution in [0.1, 0.15) is 265 Å². The van der Waals surface area contributed by atoms with Gasteiger partial charge in [-0.2, -0.15) is 0 Å². The van der Waals surface area contributed by atoms with E-state index in [0.717, 1.165) is 161 Å². The van der Waals surface area contributed by atoms with Crippen LogP contribution >= 0.6 is 0 Å². The van der Waals surface area contributed by atoms with E-state index < -0.39 is 6.10 Å². The minimum Gasteiger partial charge on any atom is -0.462 e. The number of ether oxygens (including phenoxy) is 3. The molecule has 0 spiro atoms. The highest BCUT2D eigenvalue weighted by Crippen LogP contribution is 2.15. The Bertz CT molecular complexity index is 1540. The third kappa shape index (κ3) is 58.6. The van der Waals surface area contributed by atoms with E-state index in [1.807, 2.05) is 0 Å². The van der Waals surface area contributed by atoms with Crippen LogP contribution < -0.4 is 0 Å². The number of esters is 3. The fraction of sp³-hybridized carbons (Fsp3) is 0.657. The predicted octanol–water partition coefficient (Wildman–Crippen LogP) is 20.4. The molecule has 0 N–H and O–H groups in total. The summed E-state index contributed by atoms with van der Waals surface area (Å²) in [6.45, 7) is 6.39. The fourth-order valence-electron chi connectivity index (χ4n) is 8.03. The lowest BCUT2D eigenvalue weighted by atomic mass is 10.0. The molecular formula is C67H110O6. The van der Waals surface area contributed by atoms with Gasteiger partial charge in [0.05, 0.1) is 0 Å². The first-order valence-corrected chi connectivity index (χ1v) is 30.0. The first kappa shape index (κ1) is 68.8. The average molecular weight is 1010 g/mol. The molecule has 0 amide bonds. The van der Waals surface area contributed by atoms with Crippen molar-refractivity contribution < 1.29 is 28.6 Å². The van der Waals surface area contributed by atoms with E-state index in [1.165, 1.54) is 64.2 Å². The maximum absolute atomic E-state index is 12.9. The summed E-state index contributed by atoms with van der Waals surface area (Å²) < 4.78 is 16.9. The highest BCUT2D eigenvalue weighted by Gasteiger charge is 2.19. The monoisotopic (exact) mass is 1010 g/mol. The molecule has 0 saturated carbocycles. The number of hydrogen-bond donors (Lipinski definition) is 0. The maximum Gasteiger partial charge on any atom is 0.306 e. The highest BCUT2D eigenvalue weighted by atomic mass is 16.6. The normalized spacial score (nSPS) is 13.0. The van der Waals surface area contributed by atoms with E-state index in [-0.39, 0.29) is 31.1 Å². The van der Waals surface area contributed by atoms with Gasteiger partial charge in [0.1, 0.15) is 13.2 Å². The van der Waals surface area contributed by atoms with Crippen LogP contribution in [-0.2, 0) is 28.6 Å². The summed E-state index contributed by atoms with van der Waals surface area (Å²) >= 11 is 0. The molecule has 73 heavy (non-hydrogen) atoms. The second-order valence-electron chi connectivity index (χ2n) is 19.5. The topological polar surface area (TPSA) is 78.9 Å². The van der Waals surface area contributed by atoms with Crippen molar-refractivity contribution >= 4 is 17.9 Å². The molecule has 6 nitrogen and oxygen atoms in total. The van der Waals surface area contributed by atoms with Crippen molar-refractivity contribution in [1.82, 2.24) is 0 Å². The standard InChI is InChI=1S/C67H110O6/c1-4-7-10-13-16-19-22-25-27-28-29-30-31-32-33-34-35-36-37-38-40-42-45-48-51-54-57-60-66(69)72-63-64(62-71-65(68)59-56-53-50-47-44-41-24-21-18-15-12-9-6-3)73-67(70)61-58-55-52-49-46-43-39-26-23-20-17-14-11-8-5-2/h7-8,10-11,16-17,19-20,25-27,29-30,32-33,35-36,38-40,64H,4-6,9,12-15,18,21-24,28,31,34,37,41-63H2,1-3H3/b10-7-,11-8-,19-16-,20-17-,27-25-,30-29-,33-32-,36-35-,39-26-,40-38-. The summed E-state index contributed by atoms with van der Waals surface area (Å²) in [6, 6.07) is 0. The molecule has 0 aliphatic heterocycles. The summed E-state index contributed by atoms with van der Waals surface area (Å²) in [4.78, 5) is 38.2. The highest BCUT2D eigenvalue weighted by molar-refractivity contribution is 5.71. The Morgan fingerprint density at radius 1 is 0.288 bits per heavy atom. The quantitative estimate of drug-likeness (QED) is 0.0261. The molecule has 0 aliphatic rings. The van der Waals surface area contributed by atoms with Crippen molar-refractivity contribution in [3.8, 4) is 0 Å². The third-order valence-electron chi connectivity index (χ3n) is 12.5. The Hall–Kier alpha value is -4.19. The van der Waals surface area contributed by atoms with E-state index in [9.17, 15) is 14.4 Å². The molecule has 0 saturated heterocycles. The van der Waals surface area contributed by atoms with E-state index in [0.29, 0.717) is 19.3 Å². The van der Waals surface area contributed by atoms with E-state index in [2.05, 4.69) is 142 Å². The zero-order chi connectivity index (χ0) is 52.9. The van der Waals surface area contributed by atoms with Crippen LogP contribution in [0.3, 0.4) is 0 Å². The Kier molecular flexibility index (Phi) is 56.9. The van der Waals surface area contributed by atoms with Gasteiger partial charge in [-0.1, -0.05) is 258 Å². The fourth-order valence-corrected chi connectivity index (χ4v) is 8.03. The van der Waals surface area contributed by atoms with Gasteiger partial charge in [-0.3, -0.25) is 14.4 Å². The van der Waals surface area contributed by atoms with Crippen molar-refractivity contribution in [2.75, 3.05) is 13.2 Å². The van der Waals surface area contributed by atoms with Crippen molar-refractivity contribution in [3.05, 3.63) is 122 Å². The molecule has 1 unspecified atom stereocenters. The van der Waals surface area contributed by atoms with Crippen molar-refractivity contribution in [1.29, 1.82) is 0 Å². The first-order chi connectivity index (χ1) is 36.0. The lowest BCUT2D eigenvalue weighted by Gasteiger charge is -2.18. The molecule has 0 heterocycles. The minimum absolute atomic E-state index is 0.0919. The number of hydrogen-bond acceptors (Lipinski definition) is 6. The van der Waals surface area contributed by atoms with Crippen LogP contribution in [0.2, 0.25) is 0 Å². The van der Waals surface area contributed by atoms with E-state index >= 15 is 0 Å². The molecule has 0 aromatic carbocycles. The average Bonchev–Trinajstić information content (AvgIpc) is 3.39. The molecule has 6 heteroatoms. The molecule has 0 bridgehead atoms. The largest absolute Gasteiger partial charge is 0.462 e. The molecule has 1 atom stereocenters. The molecule has 0 aliphatic carbocycles. The van der Waals surface area contributed by atoms with Gasteiger partial charge in [0.25, 0.3) is 0 Å². The smallest absolute Gasteiger partial charge is 0.306 e. The Morgan fingerprint density at radius 3 is 0.836 bits per heavy atom. The predicted molar refractivity (Wildman–Crippen MR) is 316 cm³/mol. The lowest BCUT2D eigenvalue weighted by molar-refractivity contribution is -0.167. The van der Waals surface area contributed by atoms with Gasteiger partial charge in [-0.05, 0) is 109 Å². The molecule has 0 rings (SSSR count). The van der Waals surface area contributed by atoms with Gasteiger partial charge in [0, 0.05) is 19.3 Å². The molecule has 0 radical (unpaired) electrons. The van der Waals surface area contributed by atoms with Crippen LogP contribution in [0.25, 0.3) is 0 Å². The molecular weight excluding hydrogens is 901 g/mol. The van der Waals surface area contributed by atoms with Gasteiger partial charge in [0.15, 0.2) is 6.10 Å². The minimum atomic E-state index is -0.797. The van der Waals surface area contributed by atoms with Crippen LogP contribution in [0.5, 0.6) is 0 Å². The Labute approximate surface area is 450 Å². The summed E-state index contributed by atoms with van der Waals surface area (Å²) in [5.41, 5.74) is 0. The Morgan fingerprint density at radius 2 is 0.534 bits per heavy atom. The molecule has 0 aromatic rings. The van der Waals surface area contributed by atoms with Crippen LogP contribution in [-0.4, -0.2) is 37.2 Å². The zero-order valence-electron chi connectivity index (χ0n) is 47.4. The third-order valence-corrected chi connectivity index (χ3v) is 12.5. The number of allylic oxidation sites excluding steroid dienone is 20. The molecule has 414 valence electrons. The van der Waals surface area contributed by atoms with Gasteiger partial charge in [-0.15, -0.1) is 0 Å². The van der Waals surface area contributed by atoms with E-state index in [4.69, 9.17) is 14.2 Å². The van der Waals surface area contributed by atoms with Crippen LogP contribution in [0.4, 0.5) is 0 Å². The summed E-state index contributed by atoms with van der Waals surface area (Å²) in [5, 5.41) is 0. The zero-order valence-corrected chi connectivity index (χ0v) is 47.4. The maximum atomic E-state index is 12.9. The van der Waals surface area contributed by atoms with E-state index in [1.54, 1.807) is 0 Å². The van der Waals surface area contributed by atoms with Crippen molar-refractivity contribution in [3.63, 3.8) is 0 Å². The van der Waals surface area contributed by atoms with Gasteiger partial charge in [-0.25, -0.2) is 0 Å². The van der Waals surface area contributed by atoms with Crippen molar-refractivity contribution in [2.24, 2.45) is 0 Å². The SMILES string of the molecule is CC/C=C\C/C=C\C/C=C\C/C=C\C/C=C\C/C=C\C/C=C\CCCCCCCC(=O)OCC(COC(=O)CCCCCCCCCCCCCCC)OC(=O)CCCCCCC/C=C\C/C=C\C/C=C\CC. The second kappa shape index (κ2) is 60.4. The lowest BCUT2D eigenvalue weighted by Crippen LogP contribution is -2.30. The van der Waals surface area contributed by atoms with Crippen molar-refractivity contribution in [2.45, 2.75) is 271 Å². The number of carbonyl (C=O) groups excluding carboxylic acids is 3. The number of rotatable bonds is 53. The second-order valence-corrected chi connectivity index (χ2v) is 19.5. The van der Waals surface area contributed by atoms with Gasteiger partial charge < -0.3 is 14.2 Å². The van der Waals surface area contributed by atoms with Gasteiger partial charge >= 0.3 is 17.9 Å². The Balaban J connectivity index is 4.38. The van der Waals surface area contributed by atoms with Crippen LogP contribution in [0, 0.1) is 0 Å². The number of unbranched alkanes of at least 4 members (excludes halogenated alkanes) is 22. The number of carbonyl (C=O) groups is 3. The summed E-state index contributed by atoms with van der Waals surface area (Å²) in [5.74, 6) is -0.928. The van der Waals surface area contributed by atoms with Crippen LogP contribution in [0.15, 0.2) is 122 Å².